The summed E-state index contributed by atoms with van der Waals surface area (Å²) in [4.78, 5) is 23.1. The number of hydrogen-bond acceptors (Lipinski definition) is 8. The molecule has 46 heavy (non-hydrogen) atoms. The molecule has 11 nitrogen and oxygen atoms in total. The van der Waals surface area contributed by atoms with Crippen LogP contribution in [0.15, 0.2) is 48.2 Å². The van der Waals surface area contributed by atoms with E-state index >= 15 is 0 Å². The Labute approximate surface area is 266 Å². The summed E-state index contributed by atoms with van der Waals surface area (Å²) in [6.07, 6.45) is 5.57. The predicted molar refractivity (Wildman–Crippen MR) is 170 cm³/mol. The molecule has 1 saturated heterocycles. The molecule has 15 heteroatoms. The second-order valence-electron chi connectivity index (χ2n) is 12.6. The maximum absolute atomic E-state index is 14.2. The van der Waals surface area contributed by atoms with Crippen molar-refractivity contribution in [3.05, 3.63) is 59.3 Å². The normalized spacial score (nSPS) is 23.3. The SMILES string of the molecule is COc1cc(C(=O)NC2CCN(C)CC2)ccc1Nc1ncc(C(F)(F)F)c(O[C@@H]2CC3CC=CC=C3[C@H]2N(C)S(C)(C)(=O)O)n1. The lowest BCUT2D eigenvalue weighted by Crippen LogP contribution is -2.55. The minimum Gasteiger partial charge on any atom is -0.495 e. The maximum atomic E-state index is 14.2. The number of methoxy groups -OCH3 is 1. The quantitative estimate of drug-likeness (QED) is 0.355. The van der Waals surface area contributed by atoms with Crippen molar-refractivity contribution in [3.63, 3.8) is 0 Å². The molecule has 5 rings (SSSR count). The van der Waals surface area contributed by atoms with Gasteiger partial charge in [0.25, 0.3) is 5.91 Å². The Morgan fingerprint density at radius 1 is 1.22 bits per heavy atom. The van der Waals surface area contributed by atoms with Crippen molar-refractivity contribution in [2.45, 2.75) is 50.0 Å². The Hall–Kier alpha value is -3.53. The summed E-state index contributed by atoms with van der Waals surface area (Å²) in [6.45, 7) is 1.78. The van der Waals surface area contributed by atoms with Crippen LogP contribution in [0.2, 0.25) is 0 Å². The van der Waals surface area contributed by atoms with Crippen molar-refractivity contribution in [1.82, 2.24) is 24.5 Å². The number of benzene rings is 1. The Balaban J connectivity index is 1.40. The van der Waals surface area contributed by atoms with E-state index in [9.17, 15) is 26.7 Å². The molecule has 0 spiro atoms. The zero-order valence-corrected chi connectivity index (χ0v) is 27.3. The molecule has 1 aromatic heterocycles. The molecule has 3 aliphatic rings. The lowest BCUT2D eigenvalue weighted by Gasteiger charge is -2.48. The van der Waals surface area contributed by atoms with E-state index in [1.54, 1.807) is 12.1 Å². The van der Waals surface area contributed by atoms with Crippen LogP contribution >= 0.6 is 0 Å². The molecule has 2 heterocycles. The van der Waals surface area contributed by atoms with Crippen LogP contribution in [-0.4, -0.2) is 98.8 Å². The fourth-order valence-corrected chi connectivity index (χ4v) is 7.01. The molecule has 2 aromatic rings. The molecule has 1 aliphatic heterocycles. The van der Waals surface area contributed by atoms with Gasteiger partial charge in [-0.25, -0.2) is 9.29 Å². The van der Waals surface area contributed by atoms with Crippen LogP contribution in [0.4, 0.5) is 24.8 Å². The molecular weight excluding hydrogens is 625 g/mol. The van der Waals surface area contributed by atoms with E-state index in [0.29, 0.717) is 30.3 Å². The number of alkyl halides is 3. The van der Waals surface area contributed by atoms with E-state index < -0.39 is 39.3 Å². The molecule has 252 valence electrons. The Bertz CT molecular complexity index is 1590. The van der Waals surface area contributed by atoms with Crippen LogP contribution < -0.4 is 20.1 Å². The van der Waals surface area contributed by atoms with Crippen LogP contribution in [0.3, 0.4) is 0 Å². The number of aromatic nitrogens is 2. The maximum Gasteiger partial charge on any atom is 0.423 e. The number of nitrogens with zero attached hydrogens (tertiary/aromatic N) is 4. The third-order valence-corrected chi connectivity index (χ3v) is 10.7. The summed E-state index contributed by atoms with van der Waals surface area (Å²) in [7, 11) is 0.631. The summed E-state index contributed by atoms with van der Waals surface area (Å²) >= 11 is 0. The molecule has 2 aliphatic carbocycles. The highest BCUT2D eigenvalue weighted by Crippen LogP contribution is 2.45. The smallest absolute Gasteiger partial charge is 0.423 e. The first-order valence-electron chi connectivity index (χ1n) is 15.0. The molecule has 2 fully saturated rings. The van der Waals surface area contributed by atoms with Gasteiger partial charge in [0.05, 0.1) is 18.8 Å². The second kappa shape index (κ2) is 12.6. The van der Waals surface area contributed by atoms with E-state index in [1.807, 2.05) is 25.3 Å². The number of piperidine rings is 1. The van der Waals surface area contributed by atoms with Crippen molar-refractivity contribution in [2.24, 2.45) is 5.92 Å². The zero-order chi connectivity index (χ0) is 33.5. The molecule has 3 atom stereocenters. The number of halogens is 3. The third-order valence-electron chi connectivity index (χ3n) is 8.83. The number of carbonyl (C=O) groups is 1. The van der Waals surface area contributed by atoms with Gasteiger partial charge in [0.2, 0.25) is 11.8 Å². The second-order valence-corrected chi connectivity index (χ2v) is 16.6. The number of ether oxygens (including phenoxy) is 2. The third kappa shape index (κ3) is 7.54. The molecule has 1 aromatic carbocycles. The number of amides is 1. The van der Waals surface area contributed by atoms with Crippen molar-refractivity contribution in [3.8, 4) is 11.6 Å². The van der Waals surface area contributed by atoms with Crippen LogP contribution in [0, 0.1) is 5.92 Å². The van der Waals surface area contributed by atoms with Gasteiger partial charge in [-0.15, -0.1) is 9.53 Å². The zero-order valence-electron chi connectivity index (χ0n) is 26.5. The average Bonchev–Trinajstić information content (AvgIpc) is 3.34. The van der Waals surface area contributed by atoms with E-state index in [-0.39, 0.29) is 29.6 Å². The number of rotatable bonds is 9. The molecule has 3 N–H and O–H groups in total. The lowest BCUT2D eigenvalue weighted by molar-refractivity contribution is -0.140. The number of carbonyl (C=O) groups excluding carboxylic acids is 1. The van der Waals surface area contributed by atoms with E-state index in [1.165, 1.54) is 37.0 Å². The van der Waals surface area contributed by atoms with Crippen LogP contribution in [-0.2, 0) is 15.7 Å². The fraction of sp³-hybridized carbons (Fsp3) is 0.516. The van der Waals surface area contributed by atoms with Crippen molar-refractivity contribution in [2.75, 3.05) is 52.1 Å². The summed E-state index contributed by atoms with van der Waals surface area (Å²) in [5, 5.41) is 5.93. The van der Waals surface area contributed by atoms with Gasteiger partial charge in [-0.05, 0) is 75.5 Å². The minimum atomic E-state index is -4.83. The monoisotopic (exact) mass is 666 g/mol. The summed E-state index contributed by atoms with van der Waals surface area (Å²) in [6, 6.07) is 3.98. The van der Waals surface area contributed by atoms with Crippen molar-refractivity contribution >= 4 is 27.1 Å². The minimum absolute atomic E-state index is 0.0617. The van der Waals surface area contributed by atoms with Crippen molar-refractivity contribution < 1.29 is 36.2 Å². The summed E-state index contributed by atoms with van der Waals surface area (Å²) < 4.78 is 79.2. The molecule has 0 bridgehead atoms. The van der Waals surface area contributed by atoms with Crippen LogP contribution in [0.5, 0.6) is 11.6 Å². The Kier molecular flexibility index (Phi) is 9.25. The first-order chi connectivity index (χ1) is 21.5. The number of likely N-dealkylation sites (N-methyl/N-ethyl adjacent to an activating group) is 1. The van der Waals surface area contributed by atoms with E-state index in [2.05, 4.69) is 25.5 Å². The van der Waals surface area contributed by atoms with Gasteiger partial charge >= 0.3 is 6.18 Å². The number of allylic oxidation sites excluding steroid dienone is 3. The van der Waals surface area contributed by atoms with Gasteiger partial charge in [0, 0.05) is 37.4 Å². The highest BCUT2D eigenvalue weighted by molar-refractivity contribution is 8.11. The van der Waals surface area contributed by atoms with Gasteiger partial charge < -0.3 is 25.0 Å². The van der Waals surface area contributed by atoms with Gasteiger partial charge in [-0.1, -0.05) is 18.2 Å². The standard InChI is InChI=1S/C31H41F3N6O5S/c1-39-14-12-21(13-15-39)36-28(41)20-10-11-24(25(17-20)44-3)37-30-35-18-23(31(32,33)34)29(38-30)45-26-16-19-8-6-7-9-22(19)27(26)40(2)46(4,5,42)43/h6-7,9-11,17-19,21,26-27H,8,12-16H2,1-5H3,(H,36,41)(H,42,43)(H,35,37,38)/t19?,26-,27-/m1/s1. The summed E-state index contributed by atoms with van der Waals surface area (Å²) in [5.74, 6) is -0.956. The lowest BCUT2D eigenvalue weighted by atomic mass is 9.93. The molecule has 0 radical (unpaired) electrons. The predicted octanol–water partition coefficient (Wildman–Crippen LogP) is 4.49. The number of nitrogens with one attached hydrogen (secondary N) is 2. The summed E-state index contributed by atoms with van der Waals surface area (Å²) in [5.41, 5.74) is 0.331. The van der Waals surface area contributed by atoms with Gasteiger partial charge in [0.15, 0.2) is 0 Å². The highest BCUT2D eigenvalue weighted by atomic mass is 32.3. The average molecular weight is 667 g/mol. The van der Waals surface area contributed by atoms with Crippen LogP contribution in [0.25, 0.3) is 0 Å². The molecule has 1 saturated carbocycles. The number of likely N-dealkylation sites (tertiary alicyclic amines) is 1. The largest absolute Gasteiger partial charge is 0.495 e. The van der Waals surface area contributed by atoms with Gasteiger partial charge in [-0.2, -0.15) is 22.4 Å². The first kappa shape index (κ1) is 33.8. The Morgan fingerprint density at radius 3 is 2.59 bits per heavy atom. The molecular formula is C31H41F3N6O5S. The van der Waals surface area contributed by atoms with E-state index in [4.69, 9.17) is 9.47 Å². The molecule has 1 amide bonds. The van der Waals surface area contributed by atoms with Gasteiger partial charge in [-0.3, -0.25) is 9.35 Å². The fourth-order valence-electron chi connectivity index (χ4n) is 6.10. The number of fused-ring (bicyclic) bond motifs is 1. The first-order valence-corrected chi connectivity index (χ1v) is 17.7. The van der Waals surface area contributed by atoms with Crippen LogP contribution in [0.1, 0.15) is 41.6 Å². The number of hydrogen-bond donors (Lipinski definition) is 3. The molecule has 1 unspecified atom stereocenters. The van der Waals surface area contributed by atoms with E-state index in [0.717, 1.165) is 31.5 Å². The topological polar surface area (TPSA) is 129 Å². The Morgan fingerprint density at radius 2 is 1.93 bits per heavy atom. The van der Waals surface area contributed by atoms with Crippen molar-refractivity contribution in [1.29, 1.82) is 0 Å². The number of anilines is 2. The highest BCUT2D eigenvalue weighted by Gasteiger charge is 2.47. The van der Waals surface area contributed by atoms with Gasteiger partial charge in [0.1, 0.15) is 17.4 Å².